The fourth-order valence-electron chi connectivity index (χ4n) is 3.53. The molecule has 3 aromatic rings. The van der Waals surface area contributed by atoms with Crippen molar-refractivity contribution in [3.8, 4) is 0 Å². The summed E-state index contributed by atoms with van der Waals surface area (Å²) in [4.78, 5) is 29.9. The Balaban J connectivity index is 2.03. The zero-order valence-corrected chi connectivity index (χ0v) is 13.9. The number of aryl methyl sites for hydroxylation is 1. The van der Waals surface area contributed by atoms with Crippen LogP contribution < -0.4 is 10.3 Å². The molecular weight excluding hydrogens is 341 g/mol. The van der Waals surface area contributed by atoms with E-state index in [-0.39, 0.29) is 21.9 Å². The van der Waals surface area contributed by atoms with E-state index in [0.717, 1.165) is 0 Å². The lowest BCUT2D eigenvalue weighted by Gasteiger charge is -2.19. The van der Waals surface area contributed by atoms with Crippen LogP contribution in [0.2, 0.25) is 0 Å². The average Bonchev–Trinajstić information content (AvgIpc) is 3.03. The van der Waals surface area contributed by atoms with Gasteiger partial charge in [-0.2, -0.15) is 0 Å². The first-order valence-electron chi connectivity index (χ1n) is 8.15. The molecule has 0 spiro atoms. The number of carboxylic acids is 1. The number of benzene rings is 1. The van der Waals surface area contributed by atoms with Crippen LogP contribution in [0, 0.1) is 5.82 Å². The van der Waals surface area contributed by atoms with E-state index in [1.165, 1.54) is 17.0 Å². The number of hydrogen-bond acceptors (Lipinski definition) is 5. The van der Waals surface area contributed by atoms with Crippen LogP contribution in [0.4, 0.5) is 10.1 Å². The number of aromatic carboxylic acids is 1. The molecule has 0 bridgehead atoms. The molecule has 3 heterocycles. The van der Waals surface area contributed by atoms with Crippen molar-refractivity contribution in [2.75, 3.05) is 18.0 Å². The minimum atomic E-state index is -1.33. The third kappa shape index (κ3) is 2.33. The van der Waals surface area contributed by atoms with Gasteiger partial charge in [-0.25, -0.2) is 9.18 Å². The number of aromatic nitrogens is 2. The molecule has 1 unspecified atom stereocenters. The van der Waals surface area contributed by atoms with Crippen molar-refractivity contribution in [3.63, 3.8) is 0 Å². The number of hydrogen-bond donors (Lipinski definition) is 2. The Kier molecular flexibility index (Phi) is 3.66. The molecule has 1 aromatic carbocycles. The third-order valence-electron chi connectivity index (χ3n) is 4.85. The molecular formula is C18H16FN3O4. The zero-order chi connectivity index (χ0) is 18.6. The van der Waals surface area contributed by atoms with Gasteiger partial charge in [0, 0.05) is 31.7 Å². The van der Waals surface area contributed by atoms with Gasteiger partial charge in [-0.1, -0.05) is 0 Å². The van der Waals surface area contributed by atoms with Crippen molar-refractivity contribution in [3.05, 3.63) is 46.1 Å². The fraction of sp³-hybridized carbons (Fsp3) is 0.278. The smallest absolute Gasteiger partial charge is 0.341 e. The second-order valence-electron chi connectivity index (χ2n) is 6.49. The van der Waals surface area contributed by atoms with Crippen LogP contribution >= 0.6 is 0 Å². The molecule has 1 atom stereocenters. The largest absolute Gasteiger partial charge is 0.477 e. The van der Waals surface area contributed by atoms with E-state index in [0.29, 0.717) is 30.7 Å². The quantitative estimate of drug-likeness (QED) is 0.675. The number of nitrogens with zero attached hydrogens (tertiary/aromatic N) is 3. The summed E-state index contributed by atoms with van der Waals surface area (Å²) in [5, 5.41) is 19.3. The van der Waals surface area contributed by atoms with Gasteiger partial charge in [-0.15, -0.1) is 0 Å². The van der Waals surface area contributed by atoms with Crippen molar-refractivity contribution in [1.29, 1.82) is 0 Å². The van der Waals surface area contributed by atoms with E-state index >= 15 is 4.39 Å². The maximum Gasteiger partial charge on any atom is 0.341 e. The predicted octanol–water partition coefficient (Wildman–Crippen LogP) is 1.50. The van der Waals surface area contributed by atoms with Crippen molar-refractivity contribution in [2.24, 2.45) is 7.05 Å². The summed E-state index contributed by atoms with van der Waals surface area (Å²) in [6, 6.07) is 3.13. The molecule has 0 saturated carbocycles. The number of aliphatic hydroxyl groups excluding tert-OH is 1. The summed E-state index contributed by atoms with van der Waals surface area (Å²) in [7, 11) is 1.61. The highest BCUT2D eigenvalue weighted by atomic mass is 19.1. The lowest BCUT2D eigenvalue weighted by molar-refractivity contribution is 0.0695. The molecule has 1 aliphatic heterocycles. The van der Waals surface area contributed by atoms with Gasteiger partial charge in [-0.3, -0.25) is 9.78 Å². The van der Waals surface area contributed by atoms with Crippen molar-refractivity contribution in [2.45, 2.75) is 12.5 Å². The highest BCUT2D eigenvalue weighted by molar-refractivity contribution is 6.07. The topological polar surface area (TPSA) is 95.7 Å². The Bertz CT molecular complexity index is 1130. The summed E-state index contributed by atoms with van der Waals surface area (Å²) >= 11 is 0. The lowest BCUT2D eigenvalue weighted by Crippen LogP contribution is -2.22. The van der Waals surface area contributed by atoms with Crippen molar-refractivity contribution in [1.82, 2.24) is 9.55 Å². The summed E-state index contributed by atoms with van der Waals surface area (Å²) in [5.41, 5.74) is -0.291. The van der Waals surface area contributed by atoms with Gasteiger partial charge < -0.3 is 19.7 Å². The predicted molar refractivity (Wildman–Crippen MR) is 94.2 cm³/mol. The van der Waals surface area contributed by atoms with E-state index in [4.69, 9.17) is 0 Å². The molecule has 2 aromatic heterocycles. The molecule has 2 N–H and O–H groups in total. The Morgan fingerprint density at radius 1 is 1.38 bits per heavy atom. The van der Waals surface area contributed by atoms with Gasteiger partial charge in [-0.05, 0) is 18.6 Å². The SMILES string of the molecule is Cn1cc(C(=O)O)c(=O)c2c3ccc(N4CCC(O)C4)c(F)c3ncc21. The molecule has 1 fully saturated rings. The Hall–Kier alpha value is -3.00. The Labute approximate surface area is 146 Å². The van der Waals surface area contributed by atoms with Crippen molar-refractivity contribution >= 4 is 33.5 Å². The molecule has 0 amide bonds. The van der Waals surface area contributed by atoms with E-state index in [2.05, 4.69) is 4.98 Å². The van der Waals surface area contributed by atoms with Crippen LogP contribution in [0.5, 0.6) is 0 Å². The van der Waals surface area contributed by atoms with Crippen molar-refractivity contribution < 1.29 is 19.4 Å². The maximum atomic E-state index is 15.1. The number of pyridine rings is 2. The van der Waals surface area contributed by atoms with E-state index in [1.54, 1.807) is 24.1 Å². The summed E-state index contributed by atoms with van der Waals surface area (Å²) in [6.45, 7) is 0.864. The van der Waals surface area contributed by atoms with Gasteiger partial charge in [0.15, 0.2) is 5.82 Å². The molecule has 7 nitrogen and oxygen atoms in total. The van der Waals surface area contributed by atoms with Gasteiger partial charge in [0.25, 0.3) is 0 Å². The van der Waals surface area contributed by atoms with E-state index < -0.39 is 23.3 Å². The fourth-order valence-corrected chi connectivity index (χ4v) is 3.53. The molecule has 0 radical (unpaired) electrons. The van der Waals surface area contributed by atoms with Gasteiger partial charge in [0.1, 0.15) is 11.1 Å². The number of β-amino-alcohol motifs (C(OH)–C–C–N with tert-alkyl or cyclic N) is 1. The number of halogens is 1. The van der Waals surface area contributed by atoms with Crippen LogP contribution in [0.25, 0.3) is 21.8 Å². The van der Waals surface area contributed by atoms with Gasteiger partial charge in [0.2, 0.25) is 5.43 Å². The lowest BCUT2D eigenvalue weighted by atomic mass is 10.1. The first-order chi connectivity index (χ1) is 12.4. The van der Waals surface area contributed by atoms with Crippen LogP contribution in [-0.2, 0) is 7.05 Å². The average molecular weight is 357 g/mol. The van der Waals surface area contributed by atoms with Crippen LogP contribution in [-0.4, -0.2) is 44.9 Å². The number of fused-ring (bicyclic) bond motifs is 3. The molecule has 1 aliphatic rings. The molecule has 1 saturated heterocycles. The number of carboxylic acid groups (broad SMARTS) is 1. The first kappa shape index (κ1) is 16.5. The van der Waals surface area contributed by atoms with E-state index in [1.807, 2.05) is 0 Å². The monoisotopic (exact) mass is 357 g/mol. The second-order valence-corrected chi connectivity index (χ2v) is 6.49. The molecule has 26 heavy (non-hydrogen) atoms. The molecule has 0 aliphatic carbocycles. The summed E-state index contributed by atoms with van der Waals surface area (Å²) < 4.78 is 16.6. The van der Waals surface area contributed by atoms with Crippen LogP contribution in [0.15, 0.2) is 29.3 Å². The molecule has 4 rings (SSSR count). The minimum absolute atomic E-state index is 0.0102. The minimum Gasteiger partial charge on any atom is -0.477 e. The molecule has 8 heteroatoms. The number of anilines is 1. The normalized spacial score (nSPS) is 17.3. The number of carbonyl (C=O) groups is 1. The van der Waals surface area contributed by atoms with Crippen LogP contribution in [0.1, 0.15) is 16.8 Å². The van der Waals surface area contributed by atoms with Gasteiger partial charge >= 0.3 is 5.97 Å². The Morgan fingerprint density at radius 3 is 2.81 bits per heavy atom. The Morgan fingerprint density at radius 2 is 2.15 bits per heavy atom. The zero-order valence-electron chi connectivity index (χ0n) is 13.9. The molecule has 134 valence electrons. The van der Waals surface area contributed by atoms with E-state index in [9.17, 15) is 19.8 Å². The highest BCUT2D eigenvalue weighted by Crippen LogP contribution is 2.31. The summed E-state index contributed by atoms with van der Waals surface area (Å²) in [5.74, 6) is -1.91. The second kappa shape index (κ2) is 5.77. The standard InChI is InChI=1S/C18H16FN3O4/c1-21-8-11(18(25)26)17(24)14-10-2-3-12(22-5-4-9(23)7-22)15(19)16(10)20-6-13(14)21/h2-3,6,8-9,23H,4-5,7H2,1H3,(H,25,26). The third-order valence-corrected chi connectivity index (χ3v) is 4.85. The number of aliphatic hydroxyl groups is 1. The summed E-state index contributed by atoms with van der Waals surface area (Å²) in [6.07, 6.45) is 2.67. The van der Waals surface area contributed by atoms with Crippen LogP contribution in [0.3, 0.4) is 0 Å². The maximum absolute atomic E-state index is 15.1. The number of rotatable bonds is 2. The first-order valence-corrected chi connectivity index (χ1v) is 8.15. The van der Waals surface area contributed by atoms with Gasteiger partial charge in [0.05, 0.1) is 28.9 Å². The highest BCUT2D eigenvalue weighted by Gasteiger charge is 2.25.